The van der Waals surface area contributed by atoms with Crippen LogP contribution in [0.3, 0.4) is 0 Å². The SMILES string of the molecule is CC(C(=O)NC1CC1)N1CCN(C(=O)c2cc3c(s2)CCC3)CC1. The molecule has 130 valence electrons. The third-order valence-corrected chi connectivity index (χ3v) is 6.63. The van der Waals surface area contributed by atoms with Gasteiger partial charge in [0.1, 0.15) is 0 Å². The van der Waals surface area contributed by atoms with Gasteiger partial charge in [0.15, 0.2) is 0 Å². The minimum absolute atomic E-state index is 0.103. The van der Waals surface area contributed by atoms with Crippen LogP contribution in [0, 0.1) is 0 Å². The van der Waals surface area contributed by atoms with Crippen molar-refractivity contribution in [1.82, 2.24) is 15.1 Å². The Hall–Kier alpha value is -1.40. The number of carbonyl (C=O) groups excluding carboxylic acids is 2. The molecule has 0 bridgehead atoms. The highest BCUT2D eigenvalue weighted by atomic mass is 32.1. The molecule has 4 rings (SSSR count). The maximum atomic E-state index is 12.7. The number of aryl methyl sites for hydroxylation is 2. The maximum absolute atomic E-state index is 12.7. The number of thiophene rings is 1. The Labute approximate surface area is 147 Å². The van der Waals surface area contributed by atoms with E-state index in [-0.39, 0.29) is 17.9 Å². The van der Waals surface area contributed by atoms with Crippen molar-refractivity contribution in [3.63, 3.8) is 0 Å². The molecule has 1 unspecified atom stereocenters. The Morgan fingerprint density at radius 3 is 2.62 bits per heavy atom. The van der Waals surface area contributed by atoms with Crippen molar-refractivity contribution in [2.24, 2.45) is 0 Å². The second-order valence-electron chi connectivity index (χ2n) is 7.20. The van der Waals surface area contributed by atoms with E-state index in [2.05, 4.69) is 16.3 Å². The molecule has 3 aliphatic rings. The van der Waals surface area contributed by atoms with E-state index in [1.54, 1.807) is 11.3 Å². The third kappa shape index (κ3) is 3.22. The summed E-state index contributed by atoms with van der Waals surface area (Å²) < 4.78 is 0. The molecule has 0 radical (unpaired) electrons. The molecule has 2 heterocycles. The highest BCUT2D eigenvalue weighted by molar-refractivity contribution is 7.14. The standard InChI is InChI=1S/C18H25N3O2S/c1-12(17(22)19-14-5-6-14)20-7-9-21(10-8-20)18(23)16-11-13-3-2-4-15(13)24-16/h11-12,14H,2-10H2,1H3,(H,19,22). The lowest BCUT2D eigenvalue weighted by Crippen LogP contribution is -2.55. The smallest absolute Gasteiger partial charge is 0.264 e. The monoisotopic (exact) mass is 347 g/mol. The highest BCUT2D eigenvalue weighted by Crippen LogP contribution is 2.31. The molecule has 1 aromatic heterocycles. The first-order valence-electron chi connectivity index (χ1n) is 9.07. The molecule has 2 amide bonds. The number of rotatable bonds is 4. The Bertz CT molecular complexity index is 623. The van der Waals surface area contributed by atoms with Gasteiger partial charge in [0.2, 0.25) is 5.91 Å². The second-order valence-corrected chi connectivity index (χ2v) is 8.34. The second kappa shape index (κ2) is 6.48. The van der Waals surface area contributed by atoms with E-state index < -0.39 is 0 Å². The number of hydrogen-bond donors (Lipinski definition) is 1. The average molecular weight is 347 g/mol. The van der Waals surface area contributed by atoms with E-state index in [0.29, 0.717) is 19.1 Å². The van der Waals surface area contributed by atoms with Crippen LogP contribution in [0.1, 0.15) is 46.3 Å². The molecule has 1 aliphatic heterocycles. The predicted octanol–water partition coefficient (Wildman–Crippen LogP) is 1.66. The van der Waals surface area contributed by atoms with Gasteiger partial charge < -0.3 is 10.2 Å². The van der Waals surface area contributed by atoms with E-state index >= 15 is 0 Å². The minimum Gasteiger partial charge on any atom is -0.352 e. The molecule has 0 aromatic carbocycles. The van der Waals surface area contributed by atoms with Crippen molar-refractivity contribution >= 4 is 23.2 Å². The Morgan fingerprint density at radius 2 is 1.96 bits per heavy atom. The summed E-state index contributed by atoms with van der Waals surface area (Å²) in [6.45, 7) is 4.94. The fraction of sp³-hybridized carbons (Fsp3) is 0.667. The van der Waals surface area contributed by atoms with Gasteiger partial charge in [-0.15, -0.1) is 11.3 Å². The number of fused-ring (bicyclic) bond motifs is 1. The van der Waals surface area contributed by atoms with Gasteiger partial charge in [0.05, 0.1) is 10.9 Å². The molecule has 5 nitrogen and oxygen atoms in total. The zero-order chi connectivity index (χ0) is 16.7. The van der Waals surface area contributed by atoms with Crippen LogP contribution in [-0.2, 0) is 17.6 Å². The zero-order valence-electron chi connectivity index (χ0n) is 14.2. The van der Waals surface area contributed by atoms with Gasteiger partial charge in [-0.2, -0.15) is 0 Å². The molecule has 1 saturated carbocycles. The van der Waals surface area contributed by atoms with Crippen LogP contribution < -0.4 is 5.32 Å². The number of nitrogens with one attached hydrogen (secondary N) is 1. The summed E-state index contributed by atoms with van der Waals surface area (Å²) in [6, 6.07) is 2.41. The number of carbonyl (C=O) groups is 2. The van der Waals surface area contributed by atoms with Crippen molar-refractivity contribution in [3.05, 3.63) is 21.4 Å². The highest BCUT2D eigenvalue weighted by Gasteiger charge is 2.31. The quantitative estimate of drug-likeness (QED) is 0.901. The van der Waals surface area contributed by atoms with Crippen LogP contribution in [0.25, 0.3) is 0 Å². The van der Waals surface area contributed by atoms with Gasteiger partial charge in [-0.1, -0.05) is 0 Å². The molecule has 2 aliphatic carbocycles. The maximum Gasteiger partial charge on any atom is 0.264 e. The largest absolute Gasteiger partial charge is 0.352 e. The first kappa shape index (κ1) is 16.1. The van der Waals surface area contributed by atoms with Crippen molar-refractivity contribution in [2.45, 2.75) is 51.1 Å². The van der Waals surface area contributed by atoms with Crippen LogP contribution in [-0.4, -0.2) is 59.9 Å². The number of piperazine rings is 1. The fourth-order valence-corrected chi connectivity index (χ4v) is 4.84. The number of nitrogens with zero attached hydrogens (tertiary/aromatic N) is 2. The summed E-state index contributed by atoms with van der Waals surface area (Å²) in [6.07, 6.45) is 5.72. The molecule has 2 fully saturated rings. The normalized spacial score (nSPS) is 22.3. The molecule has 6 heteroatoms. The molecule has 1 saturated heterocycles. The minimum atomic E-state index is -0.103. The lowest BCUT2D eigenvalue weighted by Gasteiger charge is -2.37. The lowest BCUT2D eigenvalue weighted by atomic mass is 10.2. The Kier molecular flexibility index (Phi) is 4.35. The van der Waals surface area contributed by atoms with Crippen molar-refractivity contribution in [3.8, 4) is 0 Å². The van der Waals surface area contributed by atoms with Crippen LogP contribution in [0.2, 0.25) is 0 Å². The van der Waals surface area contributed by atoms with E-state index in [9.17, 15) is 9.59 Å². The van der Waals surface area contributed by atoms with Crippen LogP contribution in [0.15, 0.2) is 6.07 Å². The average Bonchev–Trinajstić information content (AvgIpc) is 3.14. The van der Waals surface area contributed by atoms with Gasteiger partial charge in [-0.05, 0) is 50.7 Å². The summed E-state index contributed by atoms with van der Waals surface area (Å²) >= 11 is 1.68. The van der Waals surface area contributed by atoms with Crippen molar-refractivity contribution < 1.29 is 9.59 Å². The number of hydrogen-bond acceptors (Lipinski definition) is 4. The molecule has 24 heavy (non-hydrogen) atoms. The topological polar surface area (TPSA) is 52.7 Å². The number of amides is 2. The predicted molar refractivity (Wildman–Crippen MR) is 94.4 cm³/mol. The molecular formula is C18H25N3O2S. The molecule has 1 atom stereocenters. The zero-order valence-corrected chi connectivity index (χ0v) is 15.0. The van der Waals surface area contributed by atoms with Crippen molar-refractivity contribution in [2.75, 3.05) is 26.2 Å². The van der Waals surface area contributed by atoms with Gasteiger partial charge in [-0.3, -0.25) is 14.5 Å². The Balaban J connectivity index is 1.31. The van der Waals surface area contributed by atoms with Gasteiger partial charge in [0.25, 0.3) is 5.91 Å². The van der Waals surface area contributed by atoms with Crippen molar-refractivity contribution in [1.29, 1.82) is 0 Å². The molecule has 1 aromatic rings. The van der Waals surface area contributed by atoms with E-state index in [4.69, 9.17) is 0 Å². The molecule has 1 N–H and O–H groups in total. The summed E-state index contributed by atoms with van der Waals surface area (Å²) in [5.41, 5.74) is 1.38. The molecular weight excluding hydrogens is 322 g/mol. The summed E-state index contributed by atoms with van der Waals surface area (Å²) in [7, 11) is 0. The summed E-state index contributed by atoms with van der Waals surface area (Å²) in [5, 5.41) is 3.07. The van der Waals surface area contributed by atoms with Crippen LogP contribution in [0.4, 0.5) is 0 Å². The van der Waals surface area contributed by atoms with Crippen LogP contribution >= 0.6 is 11.3 Å². The van der Waals surface area contributed by atoms with E-state index in [1.807, 2.05) is 11.8 Å². The van der Waals surface area contributed by atoms with E-state index in [1.165, 1.54) is 16.9 Å². The van der Waals surface area contributed by atoms with E-state index in [0.717, 1.165) is 43.6 Å². The first-order chi connectivity index (χ1) is 11.6. The first-order valence-corrected chi connectivity index (χ1v) is 9.89. The lowest BCUT2D eigenvalue weighted by molar-refractivity contribution is -0.126. The third-order valence-electron chi connectivity index (χ3n) is 5.41. The molecule has 0 spiro atoms. The van der Waals surface area contributed by atoms with Gasteiger partial charge in [-0.25, -0.2) is 0 Å². The Morgan fingerprint density at radius 1 is 1.21 bits per heavy atom. The van der Waals surface area contributed by atoms with Gasteiger partial charge >= 0.3 is 0 Å². The van der Waals surface area contributed by atoms with Gasteiger partial charge in [0, 0.05) is 37.1 Å². The summed E-state index contributed by atoms with van der Waals surface area (Å²) in [4.78, 5) is 31.3. The van der Waals surface area contributed by atoms with Crippen LogP contribution in [0.5, 0.6) is 0 Å². The summed E-state index contributed by atoms with van der Waals surface area (Å²) in [5.74, 6) is 0.302. The fourth-order valence-electron chi connectivity index (χ4n) is 3.62.